The molecular weight excluding hydrogens is 198 g/mol. The van der Waals surface area contributed by atoms with Crippen LogP contribution < -0.4 is 0 Å². The van der Waals surface area contributed by atoms with E-state index in [9.17, 15) is 4.79 Å². The van der Waals surface area contributed by atoms with Crippen molar-refractivity contribution < 1.29 is 4.79 Å². The third-order valence-corrected chi connectivity index (χ3v) is 3.01. The van der Waals surface area contributed by atoms with Gasteiger partial charge in [-0.1, -0.05) is 17.7 Å². The number of rotatable bonds is 1. The summed E-state index contributed by atoms with van der Waals surface area (Å²) in [5, 5.41) is 1.67. The Kier molecular flexibility index (Phi) is 2.08. The molecule has 1 aromatic carbocycles. The Labute approximate surface area is 87.1 Å². The summed E-state index contributed by atoms with van der Waals surface area (Å²) < 4.78 is 1.84. The van der Waals surface area contributed by atoms with Crippen LogP contribution in [0.5, 0.6) is 0 Å². The average Bonchev–Trinajstić information content (AvgIpc) is 2.50. The number of carbonyl (C=O) groups is 1. The first kappa shape index (κ1) is 9.28. The normalized spacial score (nSPS) is 10.8. The highest BCUT2D eigenvalue weighted by Gasteiger charge is 2.08. The Bertz CT molecular complexity index is 513. The van der Waals surface area contributed by atoms with Gasteiger partial charge in [0, 0.05) is 18.0 Å². The van der Waals surface area contributed by atoms with Gasteiger partial charge in [-0.05, 0) is 24.6 Å². The molecule has 0 spiro atoms. The molecule has 0 N–H and O–H groups in total. The molecular formula is C11H10ClNO. The van der Waals surface area contributed by atoms with Crippen molar-refractivity contribution in [2.75, 3.05) is 0 Å². The van der Waals surface area contributed by atoms with E-state index in [1.807, 2.05) is 36.7 Å². The van der Waals surface area contributed by atoms with Gasteiger partial charge in [0.2, 0.25) is 0 Å². The Morgan fingerprint density at radius 3 is 2.79 bits per heavy atom. The molecule has 0 saturated heterocycles. The van der Waals surface area contributed by atoms with Crippen molar-refractivity contribution in [3.05, 3.63) is 34.5 Å². The van der Waals surface area contributed by atoms with Crippen LogP contribution in [-0.4, -0.2) is 10.9 Å². The number of halogens is 1. The zero-order valence-corrected chi connectivity index (χ0v) is 8.80. The van der Waals surface area contributed by atoms with Gasteiger partial charge in [-0.15, -0.1) is 0 Å². The summed E-state index contributed by atoms with van der Waals surface area (Å²) in [5.74, 6) is 0. The molecule has 1 heterocycles. The quantitative estimate of drug-likeness (QED) is 0.659. The van der Waals surface area contributed by atoms with Gasteiger partial charge in [0.25, 0.3) is 0 Å². The molecule has 14 heavy (non-hydrogen) atoms. The molecule has 2 nitrogen and oxygen atoms in total. The molecule has 0 atom stereocenters. The second-order valence-electron chi connectivity index (χ2n) is 3.38. The van der Waals surface area contributed by atoms with Gasteiger partial charge in [0.05, 0.1) is 10.7 Å². The molecule has 0 bridgehead atoms. The first-order valence-electron chi connectivity index (χ1n) is 4.35. The van der Waals surface area contributed by atoms with Gasteiger partial charge in [-0.25, -0.2) is 0 Å². The summed E-state index contributed by atoms with van der Waals surface area (Å²) in [6.45, 7) is 1.95. The summed E-state index contributed by atoms with van der Waals surface area (Å²) in [6.07, 6.45) is 0.839. The molecule has 72 valence electrons. The largest absolute Gasteiger partial charge is 0.341 e. The summed E-state index contributed by atoms with van der Waals surface area (Å²) in [4.78, 5) is 10.7. The summed E-state index contributed by atoms with van der Waals surface area (Å²) in [5.41, 5.74) is 2.66. The SMILES string of the molecule is Cc1ccc2c(cc(C=O)n2C)c1Cl. The molecule has 0 aliphatic rings. The van der Waals surface area contributed by atoms with E-state index in [1.54, 1.807) is 0 Å². The maximum atomic E-state index is 10.7. The lowest BCUT2D eigenvalue weighted by Gasteiger charge is -2.00. The topological polar surface area (TPSA) is 22.0 Å². The van der Waals surface area contributed by atoms with Crippen LogP contribution >= 0.6 is 11.6 Å². The van der Waals surface area contributed by atoms with Crippen LogP contribution in [0, 0.1) is 6.92 Å². The number of aryl methyl sites for hydroxylation is 2. The van der Waals surface area contributed by atoms with Gasteiger partial charge >= 0.3 is 0 Å². The standard InChI is InChI=1S/C11H10ClNO/c1-7-3-4-10-9(11(7)12)5-8(6-14)13(10)2/h3-6H,1-2H3. The lowest BCUT2D eigenvalue weighted by atomic mass is 10.2. The third kappa shape index (κ3) is 1.15. The minimum atomic E-state index is 0.646. The lowest BCUT2D eigenvalue weighted by molar-refractivity contribution is 0.111. The van der Waals surface area contributed by atoms with E-state index >= 15 is 0 Å². The Morgan fingerprint density at radius 2 is 2.14 bits per heavy atom. The van der Waals surface area contributed by atoms with Gasteiger partial charge in [0.1, 0.15) is 0 Å². The number of benzene rings is 1. The number of carbonyl (C=O) groups excluding carboxylic acids is 1. The number of hydrogen-bond donors (Lipinski definition) is 0. The van der Waals surface area contributed by atoms with Crippen LogP contribution in [0.25, 0.3) is 10.9 Å². The van der Waals surface area contributed by atoms with E-state index in [4.69, 9.17) is 11.6 Å². The van der Waals surface area contributed by atoms with E-state index in [0.29, 0.717) is 5.69 Å². The van der Waals surface area contributed by atoms with Crippen LogP contribution in [0.4, 0.5) is 0 Å². The fourth-order valence-electron chi connectivity index (χ4n) is 1.62. The van der Waals surface area contributed by atoms with E-state index in [-0.39, 0.29) is 0 Å². The van der Waals surface area contributed by atoms with Gasteiger partial charge in [-0.2, -0.15) is 0 Å². The van der Waals surface area contributed by atoms with Crippen LogP contribution in [0.1, 0.15) is 16.1 Å². The number of hydrogen-bond acceptors (Lipinski definition) is 1. The molecule has 2 rings (SSSR count). The molecule has 0 saturated carbocycles. The maximum Gasteiger partial charge on any atom is 0.166 e. The molecule has 0 aliphatic carbocycles. The number of fused-ring (bicyclic) bond motifs is 1. The smallest absolute Gasteiger partial charge is 0.166 e. The van der Waals surface area contributed by atoms with Crippen molar-refractivity contribution in [1.29, 1.82) is 0 Å². The Balaban J connectivity index is 2.91. The second-order valence-corrected chi connectivity index (χ2v) is 3.75. The minimum Gasteiger partial charge on any atom is -0.341 e. The highest BCUT2D eigenvalue weighted by Crippen LogP contribution is 2.28. The third-order valence-electron chi connectivity index (χ3n) is 2.51. The molecule has 3 heteroatoms. The van der Waals surface area contributed by atoms with Crippen molar-refractivity contribution in [2.45, 2.75) is 6.92 Å². The number of aromatic nitrogens is 1. The lowest BCUT2D eigenvalue weighted by Crippen LogP contribution is -1.92. The zero-order chi connectivity index (χ0) is 10.3. The molecule has 0 radical (unpaired) electrons. The molecule has 0 fully saturated rings. The van der Waals surface area contributed by atoms with Crippen molar-refractivity contribution >= 4 is 28.8 Å². The molecule has 0 aliphatic heterocycles. The average molecular weight is 208 g/mol. The van der Waals surface area contributed by atoms with E-state index in [2.05, 4.69) is 0 Å². The Morgan fingerprint density at radius 1 is 1.43 bits per heavy atom. The molecule has 1 aromatic heterocycles. The first-order chi connectivity index (χ1) is 6.65. The zero-order valence-electron chi connectivity index (χ0n) is 8.04. The molecule has 0 amide bonds. The van der Waals surface area contributed by atoms with Gasteiger partial charge in [-0.3, -0.25) is 4.79 Å². The second kappa shape index (κ2) is 3.14. The predicted octanol–water partition coefficient (Wildman–Crippen LogP) is 2.95. The van der Waals surface area contributed by atoms with Crippen LogP contribution in [0.2, 0.25) is 5.02 Å². The number of aldehydes is 1. The van der Waals surface area contributed by atoms with E-state index in [1.165, 1.54) is 0 Å². The summed E-state index contributed by atoms with van der Waals surface area (Å²) >= 11 is 6.14. The van der Waals surface area contributed by atoms with Crippen molar-refractivity contribution in [3.8, 4) is 0 Å². The van der Waals surface area contributed by atoms with Gasteiger partial charge < -0.3 is 4.57 Å². The fraction of sp³-hybridized carbons (Fsp3) is 0.182. The highest BCUT2D eigenvalue weighted by atomic mass is 35.5. The van der Waals surface area contributed by atoms with E-state index < -0.39 is 0 Å². The molecule has 2 aromatic rings. The molecule has 0 unspecified atom stereocenters. The number of nitrogens with zero attached hydrogens (tertiary/aromatic N) is 1. The van der Waals surface area contributed by atoms with Crippen LogP contribution in [0.3, 0.4) is 0 Å². The first-order valence-corrected chi connectivity index (χ1v) is 4.72. The van der Waals surface area contributed by atoms with Crippen molar-refractivity contribution in [1.82, 2.24) is 4.57 Å². The summed E-state index contributed by atoms with van der Waals surface area (Å²) in [7, 11) is 1.86. The van der Waals surface area contributed by atoms with Gasteiger partial charge in [0.15, 0.2) is 6.29 Å². The highest BCUT2D eigenvalue weighted by molar-refractivity contribution is 6.36. The van der Waals surface area contributed by atoms with Crippen LogP contribution in [-0.2, 0) is 7.05 Å². The predicted molar refractivity (Wildman–Crippen MR) is 58.1 cm³/mol. The fourth-order valence-corrected chi connectivity index (χ4v) is 1.83. The minimum absolute atomic E-state index is 0.646. The van der Waals surface area contributed by atoms with Crippen molar-refractivity contribution in [3.63, 3.8) is 0 Å². The monoisotopic (exact) mass is 207 g/mol. The van der Waals surface area contributed by atoms with Crippen molar-refractivity contribution in [2.24, 2.45) is 7.05 Å². The Hall–Kier alpha value is -1.28. The maximum absolute atomic E-state index is 10.7. The van der Waals surface area contributed by atoms with Crippen LogP contribution in [0.15, 0.2) is 18.2 Å². The summed E-state index contributed by atoms with van der Waals surface area (Å²) in [6, 6.07) is 5.75. The van der Waals surface area contributed by atoms with E-state index in [0.717, 1.165) is 27.8 Å².